The lowest BCUT2D eigenvalue weighted by Gasteiger charge is -2.28. The fourth-order valence-electron chi connectivity index (χ4n) is 3.05. The molecule has 1 amide bonds. The molecule has 0 radical (unpaired) electrons. The number of para-hydroxylation sites is 1. The fourth-order valence-corrected chi connectivity index (χ4v) is 4.04. The average Bonchev–Trinajstić information content (AvgIpc) is 2.70. The van der Waals surface area contributed by atoms with E-state index < -0.39 is 0 Å². The first kappa shape index (κ1) is 16.8. The number of rotatable bonds is 3. The number of amides is 1. The van der Waals surface area contributed by atoms with Crippen LogP contribution in [-0.2, 0) is 4.79 Å². The Bertz CT molecular complexity index is 848. The normalized spacial score (nSPS) is 15.7. The molecular weight excluding hydrogens is 350 g/mol. The number of carbonyl (C=O) groups excluding carboxylic acids is 1. The highest BCUT2D eigenvalue weighted by Gasteiger charge is 2.21. The molecule has 0 spiro atoms. The summed E-state index contributed by atoms with van der Waals surface area (Å²) in [4.78, 5) is 15.7. The van der Waals surface area contributed by atoms with Crippen molar-refractivity contribution in [1.29, 1.82) is 0 Å². The molecule has 6 heteroatoms. The molecule has 26 heavy (non-hydrogen) atoms. The number of hydrogen-bond acceptors (Lipinski definition) is 5. The summed E-state index contributed by atoms with van der Waals surface area (Å²) in [6.45, 7) is 1.71. The number of benzene rings is 2. The van der Waals surface area contributed by atoms with E-state index in [2.05, 4.69) is 6.07 Å². The molecule has 0 aliphatic carbocycles. The van der Waals surface area contributed by atoms with Crippen molar-refractivity contribution in [2.24, 2.45) is 0 Å². The Balaban J connectivity index is 1.58. The van der Waals surface area contributed by atoms with Crippen molar-refractivity contribution in [3.63, 3.8) is 0 Å². The van der Waals surface area contributed by atoms with Gasteiger partial charge in [-0.1, -0.05) is 12.1 Å². The van der Waals surface area contributed by atoms with Crippen LogP contribution in [-0.4, -0.2) is 38.5 Å². The van der Waals surface area contributed by atoms with Crippen LogP contribution in [0.5, 0.6) is 17.2 Å². The van der Waals surface area contributed by atoms with Crippen LogP contribution in [0, 0.1) is 0 Å². The minimum Gasteiger partial charge on any atom is -0.493 e. The van der Waals surface area contributed by atoms with Crippen molar-refractivity contribution in [3.05, 3.63) is 48.0 Å². The summed E-state index contributed by atoms with van der Waals surface area (Å²) in [5.74, 6) is 2.72. The van der Waals surface area contributed by atoms with Gasteiger partial charge >= 0.3 is 0 Å². The lowest BCUT2D eigenvalue weighted by atomic mass is 10.1. The Morgan fingerprint density at radius 1 is 1.23 bits per heavy atom. The van der Waals surface area contributed by atoms with Crippen LogP contribution in [0.3, 0.4) is 0 Å². The first-order valence-electron chi connectivity index (χ1n) is 8.45. The van der Waals surface area contributed by atoms with E-state index in [9.17, 15) is 4.79 Å². The van der Waals surface area contributed by atoms with Crippen molar-refractivity contribution in [2.75, 3.05) is 37.5 Å². The minimum atomic E-state index is -0.0356. The second-order valence-electron chi connectivity index (χ2n) is 5.89. The first-order chi connectivity index (χ1) is 12.8. The van der Waals surface area contributed by atoms with Gasteiger partial charge < -0.3 is 19.1 Å². The lowest BCUT2D eigenvalue weighted by Crippen LogP contribution is -2.34. The van der Waals surface area contributed by atoms with E-state index in [1.165, 1.54) is 0 Å². The fraction of sp³-hybridized carbons (Fsp3) is 0.250. The first-order valence-corrected chi connectivity index (χ1v) is 9.44. The summed E-state index contributed by atoms with van der Waals surface area (Å²) >= 11 is 1.78. The molecule has 0 aromatic heterocycles. The van der Waals surface area contributed by atoms with Gasteiger partial charge in [-0.05, 0) is 35.9 Å². The molecule has 0 bridgehead atoms. The van der Waals surface area contributed by atoms with Gasteiger partial charge in [0.15, 0.2) is 11.5 Å². The Labute approximate surface area is 156 Å². The van der Waals surface area contributed by atoms with Crippen LogP contribution in [0.4, 0.5) is 5.69 Å². The zero-order chi connectivity index (χ0) is 17.9. The molecule has 4 rings (SSSR count). The SMILES string of the molecule is COc1cc(C=CC(=O)N2CCSc3ccccc32)cc2c1OCCO2. The molecule has 0 saturated carbocycles. The molecule has 0 atom stereocenters. The number of thioether (sulfide) groups is 1. The summed E-state index contributed by atoms with van der Waals surface area (Å²) in [5, 5.41) is 0. The molecule has 2 aliphatic rings. The number of carbonyl (C=O) groups is 1. The molecule has 2 aromatic rings. The maximum atomic E-state index is 12.7. The van der Waals surface area contributed by atoms with Crippen LogP contribution >= 0.6 is 11.8 Å². The van der Waals surface area contributed by atoms with Crippen molar-refractivity contribution >= 4 is 29.4 Å². The molecule has 2 heterocycles. The molecule has 0 saturated heterocycles. The Morgan fingerprint density at radius 3 is 2.96 bits per heavy atom. The summed E-state index contributed by atoms with van der Waals surface area (Å²) in [6.07, 6.45) is 3.38. The third kappa shape index (κ3) is 3.24. The van der Waals surface area contributed by atoms with Crippen LogP contribution in [0.15, 0.2) is 47.4 Å². The van der Waals surface area contributed by atoms with E-state index in [1.54, 1.807) is 31.0 Å². The van der Waals surface area contributed by atoms with Gasteiger partial charge in [-0.2, -0.15) is 0 Å². The third-order valence-electron chi connectivity index (χ3n) is 4.26. The number of anilines is 1. The maximum absolute atomic E-state index is 12.7. The molecule has 0 unspecified atom stereocenters. The topological polar surface area (TPSA) is 48.0 Å². The highest BCUT2D eigenvalue weighted by Crippen LogP contribution is 2.40. The molecule has 0 fully saturated rings. The van der Waals surface area contributed by atoms with Crippen molar-refractivity contribution < 1.29 is 19.0 Å². The largest absolute Gasteiger partial charge is 0.493 e. The predicted molar refractivity (Wildman–Crippen MR) is 103 cm³/mol. The van der Waals surface area contributed by atoms with Gasteiger partial charge in [-0.25, -0.2) is 0 Å². The molecule has 0 N–H and O–H groups in total. The van der Waals surface area contributed by atoms with Gasteiger partial charge in [-0.15, -0.1) is 11.8 Å². The standard InChI is InChI=1S/C20H19NO4S/c1-23-16-12-14(13-17-20(16)25-10-9-24-17)6-7-19(22)21-8-11-26-18-5-3-2-4-15(18)21/h2-7,12-13H,8-11H2,1H3. The summed E-state index contributed by atoms with van der Waals surface area (Å²) in [7, 11) is 1.59. The minimum absolute atomic E-state index is 0.0356. The highest BCUT2D eigenvalue weighted by atomic mass is 32.2. The van der Waals surface area contributed by atoms with E-state index in [1.807, 2.05) is 35.2 Å². The van der Waals surface area contributed by atoms with E-state index in [0.29, 0.717) is 37.0 Å². The summed E-state index contributed by atoms with van der Waals surface area (Å²) in [5.41, 5.74) is 1.80. The van der Waals surface area contributed by atoms with Gasteiger partial charge in [0.1, 0.15) is 13.2 Å². The smallest absolute Gasteiger partial charge is 0.251 e. The van der Waals surface area contributed by atoms with Crippen LogP contribution in [0.1, 0.15) is 5.56 Å². The van der Waals surface area contributed by atoms with Gasteiger partial charge in [0, 0.05) is 23.3 Å². The van der Waals surface area contributed by atoms with E-state index >= 15 is 0 Å². The quantitative estimate of drug-likeness (QED) is 0.774. The molecule has 5 nitrogen and oxygen atoms in total. The maximum Gasteiger partial charge on any atom is 0.251 e. The number of nitrogens with zero attached hydrogens (tertiary/aromatic N) is 1. The van der Waals surface area contributed by atoms with Crippen LogP contribution in [0.25, 0.3) is 6.08 Å². The van der Waals surface area contributed by atoms with Crippen molar-refractivity contribution in [3.8, 4) is 17.2 Å². The number of fused-ring (bicyclic) bond motifs is 2. The van der Waals surface area contributed by atoms with Crippen LogP contribution in [0.2, 0.25) is 0 Å². The van der Waals surface area contributed by atoms with E-state index in [0.717, 1.165) is 21.9 Å². The van der Waals surface area contributed by atoms with Gasteiger partial charge in [0.05, 0.1) is 12.8 Å². The molecule has 134 valence electrons. The number of hydrogen-bond donors (Lipinski definition) is 0. The van der Waals surface area contributed by atoms with E-state index in [4.69, 9.17) is 14.2 Å². The number of methoxy groups -OCH3 is 1. The van der Waals surface area contributed by atoms with Gasteiger partial charge in [0.25, 0.3) is 5.91 Å². The predicted octanol–water partition coefficient (Wildman–Crippen LogP) is 3.62. The average molecular weight is 369 g/mol. The summed E-state index contributed by atoms with van der Waals surface area (Å²) < 4.78 is 16.6. The zero-order valence-electron chi connectivity index (χ0n) is 14.4. The number of ether oxygens (including phenoxy) is 3. The zero-order valence-corrected chi connectivity index (χ0v) is 15.3. The molecular formula is C20H19NO4S. The Morgan fingerprint density at radius 2 is 2.08 bits per heavy atom. The third-order valence-corrected chi connectivity index (χ3v) is 5.31. The van der Waals surface area contributed by atoms with Gasteiger partial charge in [-0.3, -0.25) is 4.79 Å². The molecule has 2 aliphatic heterocycles. The van der Waals surface area contributed by atoms with E-state index in [-0.39, 0.29) is 5.91 Å². The Kier molecular flexibility index (Phi) is 4.75. The van der Waals surface area contributed by atoms with Crippen molar-refractivity contribution in [1.82, 2.24) is 0 Å². The highest BCUT2D eigenvalue weighted by molar-refractivity contribution is 7.99. The van der Waals surface area contributed by atoms with Crippen molar-refractivity contribution in [2.45, 2.75) is 4.90 Å². The Hall–Kier alpha value is -2.60. The van der Waals surface area contributed by atoms with Gasteiger partial charge in [0.2, 0.25) is 5.75 Å². The second-order valence-corrected chi connectivity index (χ2v) is 7.02. The second kappa shape index (κ2) is 7.33. The van der Waals surface area contributed by atoms with Crippen LogP contribution < -0.4 is 19.1 Å². The monoisotopic (exact) mass is 369 g/mol. The lowest BCUT2D eigenvalue weighted by molar-refractivity contribution is -0.114. The molecule has 2 aromatic carbocycles. The summed E-state index contributed by atoms with van der Waals surface area (Å²) in [6, 6.07) is 11.7.